The van der Waals surface area contributed by atoms with Crippen LogP contribution in [0.4, 0.5) is 5.82 Å². The quantitative estimate of drug-likeness (QED) is 0.369. The Morgan fingerprint density at radius 1 is 1.12 bits per heavy atom. The maximum atomic E-state index is 11.8. The average molecular weight is 469 g/mol. The second kappa shape index (κ2) is 11.5. The van der Waals surface area contributed by atoms with E-state index in [0.717, 1.165) is 79.7 Å². The number of carbonyl (C=O) groups excluding carboxylic acids is 1. The molecule has 0 aliphatic carbocycles. The van der Waals surface area contributed by atoms with Gasteiger partial charge in [-0.1, -0.05) is 6.42 Å². The fourth-order valence-corrected chi connectivity index (χ4v) is 4.55. The summed E-state index contributed by atoms with van der Waals surface area (Å²) < 4.78 is 13.9. The van der Waals surface area contributed by atoms with Crippen LogP contribution in [0.25, 0.3) is 21.9 Å². The molecular formula is C25H36N6O3. The highest BCUT2D eigenvalue weighted by Gasteiger charge is 2.20. The number of carbonyl (C=O) groups is 1. The van der Waals surface area contributed by atoms with Gasteiger partial charge in [-0.25, -0.2) is 9.97 Å². The molecule has 34 heavy (non-hydrogen) atoms. The van der Waals surface area contributed by atoms with E-state index in [1.54, 1.807) is 0 Å². The number of amides is 1. The molecule has 1 fully saturated rings. The number of benzene rings is 1. The molecule has 0 unspecified atom stereocenters. The molecule has 3 heterocycles. The normalized spacial score (nSPS) is 14.1. The van der Waals surface area contributed by atoms with Crippen LogP contribution < -0.4 is 16.2 Å². The van der Waals surface area contributed by atoms with Crippen LogP contribution >= 0.6 is 0 Å². The second-order valence-corrected chi connectivity index (χ2v) is 8.73. The zero-order valence-electron chi connectivity index (χ0n) is 20.1. The van der Waals surface area contributed by atoms with Crippen molar-refractivity contribution < 1.29 is 14.3 Å². The standard InChI is InChI=1S/C25H36N6O3/c1-2-33-17-21-29-23-24(31(21)14-5-3-4-11-26)19-10-9-18(16-20(19)28-25(23)27)34-15-7-13-30-12-6-8-22(30)32/h9-10,16H,2-8,11-15,17,26H2,1H3,(H2,27,28). The predicted octanol–water partition coefficient (Wildman–Crippen LogP) is 3.22. The number of nitrogens with zero attached hydrogens (tertiary/aromatic N) is 4. The fraction of sp³-hybridized carbons (Fsp3) is 0.560. The molecule has 3 aromatic rings. The maximum Gasteiger partial charge on any atom is 0.222 e. The van der Waals surface area contributed by atoms with E-state index in [0.29, 0.717) is 44.1 Å². The van der Waals surface area contributed by atoms with Gasteiger partial charge in [0.25, 0.3) is 0 Å². The number of ether oxygens (including phenoxy) is 2. The van der Waals surface area contributed by atoms with Crippen molar-refractivity contribution in [2.45, 2.75) is 58.6 Å². The second-order valence-electron chi connectivity index (χ2n) is 8.73. The SMILES string of the molecule is CCOCc1nc2c(N)nc3cc(OCCCN4CCCC4=O)ccc3c2n1CCCCCN. The topological polar surface area (TPSA) is 122 Å². The maximum absolute atomic E-state index is 11.8. The van der Waals surface area contributed by atoms with Crippen molar-refractivity contribution in [3.63, 3.8) is 0 Å². The first-order chi connectivity index (χ1) is 16.6. The molecule has 0 atom stereocenters. The molecule has 0 saturated carbocycles. The van der Waals surface area contributed by atoms with Crippen molar-refractivity contribution in [2.75, 3.05) is 38.6 Å². The van der Waals surface area contributed by atoms with Gasteiger partial charge in [0.2, 0.25) is 5.91 Å². The Hall–Kier alpha value is -2.91. The number of likely N-dealkylation sites (tertiary alicyclic amines) is 1. The first kappa shape index (κ1) is 24.2. The smallest absolute Gasteiger partial charge is 0.222 e. The number of rotatable bonds is 13. The molecular weight excluding hydrogens is 432 g/mol. The fourth-order valence-electron chi connectivity index (χ4n) is 4.55. The molecule has 0 spiro atoms. The van der Waals surface area contributed by atoms with Crippen LogP contribution in [0.5, 0.6) is 5.75 Å². The van der Waals surface area contributed by atoms with Crippen molar-refractivity contribution in [1.29, 1.82) is 0 Å². The summed E-state index contributed by atoms with van der Waals surface area (Å²) in [5, 5.41) is 0.994. The van der Waals surface area contributed by atoms with E-state index in [-0.39, 0.29) is 5.91 Å². The molecule has 1 aliphatic heterocycles. The summed E-state index contributed by atoms with van der Waals surface area (Å²) in [5.74, 6) is 2.26. The number of hydrogen-bond acceptors (Lipinski definition) is 7. The van der Waals surface area contributed by atoms with Gasteiger partial charge >= 0.3 is 0 Å². The molecule has 184 valence electrons. The lowest BCUT2D eigenvalue weighted by Crippen LogP contribution is -2.26. The molecule has 2 aromatic heterocycles. The minimum absolute atomic E-state index is 0.248. The van der Waals surface area contributed by atoms with Crippen molar-refractivity contribution in [1.82, 2.24) is 19.4 Å². The third-order valence-electron chi connectivity index (χ3n) is 6.29. The molecule has 4 N–H and O–H groups in total. The van der Waals surface area contributed by atoms with Crippen LogP contribution in [0, 0.1) is 0 Å². The van der Waals surface area contributed by atoms with Crippen LogP contribution in [-0.2, 0) is 22.7 Å². The van der Waals surface area contributed by atoms with Crippen molar-refractivity contribution in [2.24, 2.45) is 5.73 Å². The van der Waals surface area contributed by atoms with Crippen molar-refractivity contribution in [3.05, 3.63) is 24.0 Å². The molecule has 1 aliphatic rings. The molecule has 4 rings (SSSR count). The summed E-state index contributed by atoms with van der Waals surface area (Å²) in [6.45, 7) is 6.71. The highest BCUT2D eigenvalue weighted by Crippen LogP contribution is 2.31. The summed E-state index contributed by atoms with van der Waals surface area (Å²) in [6.07, 6.45) is 5.50. The van der Waals surface area contributed by atoms with Gasteiger partial charge in [0.15, 0.2) is 5.82 Å². The third-order valence-corrected chi connectivity index (χ3v) is 6.29. The van der Waals surface area contributed by atoms with Gasteiger partial charge in [0.05, 0.1) is 17.6 Å². The number of nitrogens with two attached hydrogens (primary N) is 2. The van der Waals surface area contributed by atoms with E-state index in [1.807, 2.05) is 30.0 Å². The van der Waals surface area contributed by atoms with E-state index in [2.05, 4.69) is 9.55 Å². The van der Waals surface area contributed by atoms with E-state index >= 15 is 0 Å². The molecule has 0 bridgehead atoms. The number of aromatic nitrogens is 3. The molecule has 1 aromatic carbocycles. The van der Waals surface area contributed by atoms with Crippen LogP contribution in [-0.4, -0.2) is 58.2 Å². The Morgan fingerprint density at radius 2 is 2.00 bits per heavy atom. The Kier molecular flexibility index (Phi) is 8.18. The lowest BCUT2D eigenvalue weighted by molar-refractivity contribution is -0.127. The summed E-state index contributed by atoms with van der Waals surface area (Å²) in [7, 11) is 0. The van der Waals surface area contributed by atoms with E-state index in [9.17, 15) is 4.79 Å². The lowest BCUT2D eigenvalue weighted by Gasteiger charge is -2.15. The summed E-state index contributed by atoms with van der Waals surface area (Å²) >= 11 is 0. The third kappa shape index (κ3) is 5.42. The van der Waals surface area contributed by atoms with Crippen LogP contribution in [0.1, 0.15) is 51.3 Å². The lowest BCUT2D eigenvalue weighted by atomic mass is 10.1. The van der Waals surface area contributed by atoms with Gasteiger partial charge < -0.3 is 30.4 Å². The minimum atomic E-state index is 0.248. The van der Waals surface area contributed by atoms with E-state index < -0.39 is 0 Å². The zero-order chi connectivity index (χ0) is 23.9. The first-order valence-corrected chi connectivity index (χ1v) is 12.4. The van der Waals surface area contributed by atoms with Gasteiger partial charge in [-0.05, 0) is 51.3 Å². The van der Waals surface area contributed by atoms with Gasteiger partial charge in [0.1, 0.15) is 23.7 Å². The number of fused-ring (bicyclic) bond motifs is 3. The van der Waals surface area contributed by atoms with E-state index in [1.165, 1.54) is 0 Å². The van der Waals surface area contributed by atoms with E-state index in [4.69, 9.17) is 25.9 Å². The van der Waals surface area contributed by atoms with Gasteiger partial charge in [-0.3, -0.25) is 4.79 Å². The Labute approximate surface area is 200 Å². The van der Waals surface area contributed by atoms with Crippen LogP contribution in [0.2, 0.25) is 0 Å². The summed E-state index contributed by atoms with van der Waals surface area (Å²) in [6, 6.07) is 5.93. The Bertz CT molecular complexity index is 1130. The zero-order valence-corrected chi connectivity index (χ0v) is 20.1. The van der Waals surface area contributed by atoms with Gasteiger partial charge in [0, 0.05) is 44.1 Å². The molecule has 1 amide bonds. The first-order valence-electron chi connectivity index (χ1n) is 12.4. The molecule has 1 saturated heterocycles. The van der Waals surface area contributed by atoms with Crippen LogP contribution in [0.3, 0.4) is 0 Å². The Balaban J connectivity index is 1.55. The van der Waals surface area contributed by atoms with Gasteiger partial charge in [-0.15, -0.1) is 0 Å². The predicted molar refractivity (Wildman–Crippen MR) is 134 cm³/mol. The molecule has 0 radical (unpaired) electrons. The average Bonchev–Trinajstić information content (AvgIpc) is 3.41. The number of hydrogen-bond donors (Lipinski definition) is 2. The van der Waals surface area contributed by atoms with Crippen molar-refractivity contribution in [3.8, 4) is 5.75 Å². The number of aryl methyl sites for hydroxylation is 1. The highest BCUT2D eigenvalue weighted by atomic mass is 16.5. The summed E-state index contributed by atoms with van der Waals surface area (Å²) in [4.78, 5) is 23.1. The van der Waals surface area contributed by atoms with Crippen LogP contribution in [0.15, 0.2) is 18.2 Å². The Morgan fingerprint density at radius 3 is 2.76 bits per heavy atom. The van der Waals surface area contributed by atoms with Crippen molar-refractivity contribution >= 4 is 33.7 Å². The largest absolute Gasteiger partial charge is 0.493 e. The number of pyridine rings is 1. The minimum Gasteiger partial charge on any atom is -0.493 e. The number of nitrogen functional groups attached to an aromatic ring is 1. The number of anilines is 1. The molecule has 9 nitrogen and oxygen atoms in total. The number of imidazole rings is 1. The highest BCUT2D eigenvalue weighted by molar-refractivity contribution is 6.06. The number of unbranched alkanes of at least 4 members (excludes halogenated alkanes) is 2. The monoisotopic (exact) mass is 468 g/mol. The van der Waals surface area contributed by atoms with Gasteiger partial charge in [-0.2, -0.15) is 0 Å². The molecule has 9 heteroatoms. The summed E-state index contributed by atoms with van der Waals surface area (Å²) in [5.41, 5.74) is 14.5.